The van der Waals surface area contributed by atoms with Crippen molar-refractivity contribution in [3.05, 3.63) is 40.5 Å². The molecule has 0 fully saturated rings. The number of nitrogens with one attached hydrogen (secondary N) is 2. The summed E-state index contributed by atoms with van der Waals surface area (Å²) in [5, 5.41) is 5.96. The third-order valence-electron chi connectivity index (χ3n) is 1.90. The zero-order chi connectivity index (χ0) is 12.8. The van der Waals surface area contributed by atoms with E-state index in [1.807, 2.05) is 19.9 Å². The third kappa shape index (κ3) is 4.67. The lowest BCUT2D eigenvalue weighted by Crippen LogP contribution is -2.24. The van der Waals surface area contributed by atoms with Gasteiger partial charge in [-0.3, -0.25) is 0 Å². The summed E-state index contributed by atoms with van der Waals surface area (Å²) in [5.41, 5.74) is 0.409. The predicted molar refractivity (Wildman–Crippen MR) is 72.6 cm³/mol. The maximum Gasteiger partial charge on any atom is 0.323 e. The molecule has 0 spiro atoms. The van der Waals surface area contributed by atoms with Gasteiger partial charge in [0.1, 0.15) is 0 Å². The number of hydrogen-bond acceptors (Lipinski definition) is 1. The molecule has 0 aliphatic rings. The minimum absolute atomic E-state index is 0.374. The molecule has 92 valence electrons. The van der Waals surface area contributed by atoms with Gasteiger partial charge in [-0.25, -0.2) is 4.79 Å². The number of amides is 2. The van der Waals surface area contributed by atoms with E-state index >= 15 is 0 Å². The number of carbonyl (C=O) groups excluding carboxylic acids is 1. The van der Waals surface area contributed by atoms with Crippen molar-refractivity contribution in [3.8, 4) is 0 Å². The number of hydrogen-bond donors (Lipinski definition) is 2. The Labute approximate surface area is 111 Å². The predicted octanol–water partition coefficient (Wildman–Crippen LogP) is 4.28. The second-order valence-electron chi connectivity index (χ2n) is 3.80. The van der Waals surface area contributed by atoms with E-state index in [4.69, 9.17) is 23.2 Å². The minimum Gasteiger partial charge on any atom is -0.315 e. The van der Waals surface area contributed by atoms with Crippen molar-refractivity contribution in [1.82, 2.24) is 5.32 Å². The maximum atomic E-state index is 11.5. The smallest absolute Gasteiger partial charge is 0.315 e. The van der Waals surface area contributed by atoms with E-state index in [1.165, 1.54) is 0 Å². The Balaban J connectivity index is 2.62. The Morgan fingerprint density at radius 3 is 2.41 bits per heavy atom. The van der Waals surface area contributed by atoms with Crippen molar-refractivity contribution in [2.75, 3.05) is 5.32 Å². The zero-order valence-electron chi connectivity index (χ0n) is 9.63. The highest BCUT2D eigenvalue weighted by Gasteiger charge is 2.07. The molecule has 0 atom stereocenters. The van der Waals surface area contributed by atoms with E-state index in [-0.39, 0.29) is 6.03 Å². The summed E-state index contributed by atoms with van der Waals surface area (Å²) in [6.07, 6.45) is 3.46. The first-order valence-corrected chi connectivity index (χ1v) is 5.94. The quantitative estimate of drug-likeness (QED) is 0.847. The van der Waals surface area contributed by atoms with Gasteiger partial charge in [-0.1, -0.05) is 49.2 Å². The van der Waals surface area contributed by atoms with Gasteiger partial charge in [-0.15, -0.1) is 0 Å². The van der Waals surface area contributed by atoms with Gasteiger partial charge in [0, 0.05) is 6.20 Å². The van der Waals surface area contributed by atoms with Crippen LogP contribution >= 0.6 is 23.2 Å². The minimum atomic E-state index is -0.378. The Hall–Kier alpha value is -1.19. The summed E-state index contributed by atoms with van der Waals surface area (Å²) < 4.78 is 0. The molecule has 3 nitrogen and oxygen atoms in total. The van der Waals surface area contributed by atoms with E-state index in [1.54, 1.807) is 24.4 Å². The lowest BCUT2D eigenvalue weighted by atomic mass is 10.2. The fraction of sp³-hybridized carbons (Fsp3) is 0.250. The van der Waals surface area contributed by atoms with Crippen LogP contribution in [0.1, 0.15) is 13.8 Å². The Kier molecular flexibility index (Phi) is 5.32. The van der Waals surface area contributed by atoms with E-state index in [0.717, 1.165) is 0 Å². The number of rotatable bonds is 3. The molecule has 2 N–H and O–H groups in total. The molecule has 0 aromatic heterocycles. The normalized spacial score (nSPS) is 10.9. The van der Waals surface area contributed by atoms with E-state index in [9.17, 15) is 4.79 Å². The fourth-order valence-corrected chi connectivity index (χ4v) is 1.58. The molecule has 0 unspecified atom stereocenters. The maximum absolute atomic E-state index is 11.5. The highest BCUT2D eigenvalue weighted by molar-refractivity contribution is 6.39. The monoisotopic (exact) mass is 272 g/mol. The van der Waals surface area contributed by atoms with Gasteiger partial charge in [-0.05, 0) is 18.1 Å². The van der Waals surface area contributed by atoms with Gasteiger partial charge >= 0.3 is 6.03 Å². The van der Waals surface area contributed by atoms with Gasteiger partial charge in [0.05, 0.1) is 15.7 Å². The van der Waals surface area contributed by atoms with E-state index in [2.05, 4.69) is 10.6 Å². The Bertz CT molecular complexity index is 410. The number of para-hydroxylation sites is 1. The average molecular weight is 273 g/mol. The molecule has 1 rings (SSSR count). The van der Waals surface area contributed by atoms with Crippen molar-refractivity contribution in [2.24, 2.45) is 5.92 Å². The molecule has 0 radical (unpaired) electrons. The zero-order valence-corrected chi connectivity index (χ0v) is 11.1. The van der Waals surface area contributed by atoms with Crippen LogP contribution in [-0.2, 0) is 0 Å². The van der Waals surface area contributed by atoms with E-state index in [0.29, 0.717) is 21.7 Å². The summed E-state index contributed by atoms with van der Waals surface area (Å²) >= 11 is 11.8. The van der Waals surface area contributed by atoms with Crippen LogP contribution in [0.3, 0.4) is 0 Å². The van der Waals surface area contributed by atoms with Gasteiger partial charge in [0.2, 0.25) is 0 Å². The first kappa shape index (κ1) is 13.9. The summed E-state index contributed by atoms with van der Waals surface area (Å²) in [6, 6.07) is 4.66. The summed E-state index contributed by atoms with van der Waals surface area (Å²) in [7, 11) is 0. The number of anilines is 1. The molecule has 0 bridgehead atoms. The number of halogens is 2. The van der Waals surface area contributed by atoms with Crippen molar-refractivity contribution < 1.29 is 4.79 Å². The number of allylic oxidation sites excluding steroid dienone is 1. The first-order valence-electron chi connectivity index (χ1n) is 5.19. The SMILES string of the molecule is CC(C)/C=C/NC(=O)Nc1c(Cl)cccc1Cl. The molecule has 17 heavy (non-hydrogen) atoms. The molecule has 0 saturated carbocycles. The molecule has 2 amide bonds. The van der Waals surface area contributed by atoms with Crippen LogP contribution in [0.25, 0.3) is 0 Å². The molecule has 5 heteroatoms. The number of benzene rings is 1. The van der Waals surface area contributed by atoms with Gasteiger partial charge in [0.25, 0.3) is 0 Å². The van der Waals surface area contributed by atoms with Crippen LogP contribution in [0.15, 0.2) is 30.5 Å². The summed E-state index contributed by atoms with van der Waals surface area (Å²) in [4.78, 5) is 11.5. The topological polar surface area (TPSA) is 41.1 Å². The summed E-state index contributed by atoms with van der Waals surface area (Å²) in [6.45, 7) is 4.03. The average Bonchev–Trinajstić information content (AvgIpc) is 2.23. The molecular weight excluding hydrogens is 259 g/mol. The van der Waals surface area contributed by atoms with Gasteiger partial charge in [-0.2, -0.15) is 0 Å². The van der Waals surface area contributed by atoms with E-state index < -0.39 is 0 Å². The molecule has 0 aliphatic heterocycles. The van der Waals surface area contributed by atoms with Crippen molar-refractivity contribution >= 4 is 34.9 Å². The lowest BCUT2D eigenvalue weighted by molar-refractivity contribution is 0.255. The molecule has 0 aliphatic carbocycles. The van der Waals surface area contributed by atoms with Crippen LogP contribution in [-0.4, -0.2) is 6.03 Å². The largest absolute Gasteiger partial charge is 0.323 e. The highest BCUT2D eigenvalue weighted by atomic mass is 35.5. The third-order valence-corrected chi connectivity index (χ3v) is 2.53. The molecule has 1 aromatic carbocycles. The second-order valence-corrected chi connectivity index (χ2v) is 4.61. The van der Waals surface area contributed by atoms with Crippen molar-refractivity contribution in [3.63, 3.8) is 0 Å². The standard InChI is InChI=1S/C12H14Cl2N2O/c1-8(2)6-7-15-12(17)16-11-9(13)4-3-5-10(11)14/h3-8H,1-2H3,(H2,15,16,17)/b7-6+. The Morgan fingerprint density at radius 2 is 1.88 bits per heavy atom. The molecule has 0 heterocycles. The Morgan fingerprint density at radius 1 is 1.29 bits per heavy atom. The lowest BCUT2D eigenvalue weighted by Gasteiger charge is -2.08. The van der Waals surface area contributed by atoms with Crippen LogP contribution < -0.4 is 10.6 Å². The molecule has 0 saturated heterocycles. The summed E-state index contributed by atoms with van der Waals surface area (Å²) in [5.74, 6) is 0.374. The molecular formula is C12H14Cl2N2O. The van der Waals surface area contributed by atoms with Crippen molar-refractivity contribution in [2.45, 2.75) is 13.8 Å². The van der Waals surface area contributed by atoms with Gasteiger partial charge in [0.15, 0.2) is 0 Å². The fourth-order valence-electron chi connectivity index (χ4n) is 1.08. The first-order chi connectivity index (χ1) is 8.00. The van der Waals surface area contributed by atoms with Crippen LogP contribution in [0, 0.1) is 5.92 Å². The highest BCUT2D eigenvalue weighted by Crippen LogP contribution is 2.29. The van der Waals surface area contributed by atoms with Crippen LogP contribution in [0.2, 0.25) is 10.0 Å². The number of urea groups is 1. The number of carbonyl (C=O) groups is 1. The molecule has 1 aromatic rings. The second kappa shape index (κ2) is 6.52. The van der Waals surface area contributed by atoms with Gasteiger partial charge < -0.3 is 10.6 Å². The van der Waals surface area contributed by atoms with Crippen LogP contribution in [0.4, 0.5) is 10.5 Å². The van der Waals surface area contributed by atoms with Crippen molar-refractivity contribution in [1.29, 1.82) is 0 Å². The van der Waals surface area contributed by atoms with Crippen LogP contribution in [0.5, 0.6) is 0 Å².